The summed E-state index contributed by atoms with van der Waals surface area (Å²) in [5, 5.41) is 2.63. The molecule has 21 heavy (non-hydrogen) atoms. The Morgan fingerprint density at radius 3 is 2.48 bits per heavy atom. The monoisotopic (exact) mass is 295 g/mol. The van der Waals surface area contributed by atoms with E-state index >= 15 is 0 Å². The van der Waals surface area contributed by atoms with E-state index in [4.69, 9.17) is 5.73 Å². The van der Waals surface area contributed by atoms with Crippen LogP contribution in [0.2, 0.25) is 0 Å². The van der Waals surface area contributed by atoms with Crippen molar-refractivity contribution in [1.82, 2.24) is 4.90 Å². The molecule has 0 unspecified atom stereocenters. The van der Waals surface area contributed by atoms with Crippen molar-refractivity contribution in [1.29, 1.82) is 0 Å². The summed E-state index contributed by atoms with van der Waals surface area (Å²) >= 11 is 0. The lowest BCUT2D eigenvalue weighted by Crippen LogP contribution is -2.38. The van der Waals surface area contributed by atoms with Gasteiger partial charge in [-0.25, -0.2) is 9.18 Å². The first-order chi connectivity index (χ1) is 9.72. The molecule has 0 spiro atoms. The van der Waals surface area contributed by atoms with E-state index in [0.29, 0.717) is 11.6 Å². The fraction of sp³-hybridized carbons (Fsp3) is 0.467. The standard InChI is InChI=1S/C15H22FN3O2/c1-9(2)7-10(3)19(4)15(21)18-11-5-6-13(16)12(8-11)14(17)20/h5-6,8-10H,7H2,1-4H3,(H2,17,20)(H,18,21)/t10-/m0/s1. The molecule has 0 bridgehead atoms. The SMILES string of the molecule is CC(C)C[C@H](C)N(C)C(=O)Nc1ccc(F)c(C(N)=O)c1. The summed E-state index contributed by atoms with van der Waals surface area (Å²) in [6.07, 6.45) is 0.875. The summed E-state index contributed by atoms with van der Waals surface area (Å²) in [5.41, 5.74) is 5.16. The predicted molar refractivity (Wildman–Crippen MR) is 80.6 cm³/mol. The van der Waals surface area contributed by atoms with Gasteiger partial charge in [-0.2, -0.15) is 0 Å². The van der Waals surface area contributed by atoms with Gasteiger partial charge in [0.2, 0.25) is 0 Å². The zero-order valence-electron chi connectivity index (χ0n) is 12.8. The van der Waals surface area contributed by atoms with E-state index in [2.05, 4.69) is 19.2 Å². The van der Waals surface area contributed by atoms with E-state index in [-0.39, 0.29) is 17.6 Å². The van der Waals surface area contributed by atoms with Gasteiger partial charge in [0.15, 0.2) is 0 Å². The van der Waals surface area contributed by atoms with Gasteiger partial charge in [-0.05, 0) is 37.5 Å². The lowest BCUT2D eigenvalue weighted by molar-refractivity contribution is 0.0996. The topological polar surface area (TPSA) is 75.4 Å². The maximum atomic E-state index is 13.4. The average molecular weight is 295 g/mol. The van der Waals surface area contributed by atoms with Crippen molar-refractivity contribution in [2.24, 2.45) is 11.7 Å². The molecule has 0 fully saturated rings. The first-order valence-electron chi connectivity index (χ1n) is 6.85. The van der Waals surface area contributed by atoms with Gasteiger partial charge in [0, 0.05) is 18.8 Å². The molecule has 0 radical (unpaired) electrons. The van der Waals surface area contributed by atoms with Crippen molar-refractivity contribution in [3.05, 3.63) is 29.6 Å². The quantitative estimate of drug-likeness (QED) is 0.876. The number of carbonyl (C=O) groups excluding carboxylic acids is 2. The molecule has 6 heteroatoms. The van der Waals surface area contributed by atoms with Crippen LogP contribution < -0.4 is 11.1 Å². The molecule has 1 rings (SSSR count). The lowest BCUT2D eigenvalue weighted by atomic mass is 10.0. The molecule has 3 amide bonds. The number of nitrogens with one attached hydrogen (secondary N) is 1. The number of carbonyl (C=O) groups is 2. The van der Waals surface area contributed by atoms with Crippen LogP contribution in [0.1, 0.15) is 37.6 Å². The maximum absolute atomic E-state index is 13.4. The van der Waals surface area contributed by atoms with Crippen molar-refractivity contribution < 1.29 is 14.0 Å². The van der Waals surface area contributed by atoms with Crippen LogP contribution in [0.25, 0.3) is 0 Å². The highest BCUT2D eigenvalue weighted by atomic mass is 19.1. The average Bonchev–Trinajstić information content (AvgIpc) is 2.38. The molecule has 5 nitrogen and oxygen atoms in total. The van der Waals surface area contributed by atoms with Gasteiger partial charge in [-0.3, -0.25) is 4.79 Å². The molecule has 1 aromatic carbocycles. The zero-order chi connectivity index (χ0) is 16.2. The highest BCUT2D eigenvalue weighted by Gasteiger charge is 2.17. The molecule has 116 valence electrons. The van der Waals surface area contributed by atoms with Gasteiger partial charge in [-0.15, -0.1) is 0 Å². The molecule has 1 atom stereocenters. The van der Waals surface area contributed by atoms with Gasteiger partial charge < -0.3 is 16.0 Å². The molecule has 0 saturated carbocycles. The van der Waals surface area contributed by atoms with Gasteiger partial charge in [0.25, 0.3) is 5.91 Å². The van der Waals surface area contributed by atoms with Gasteiger partial charge in [0.05, 0.1) is 5.56 Å². The zero-order valence-corrected chi connectivity index (χ0v) is 12.8. The number of primary amides is 1. The Morgan fingerprint density at radius 1 is 1.33 bits per heavy atom. The third kappa shape index (κ3) is 4.73. The van der Waals surface area contributed by atoms with Crippen LogP contribution in [0, 0.1) is 11.7 Å². The molecular weight excluding hydrogens is 273 g/mol. The van der Waals surface area contributed by atoms with Crippen molar-refractivity contribution in [2.75, 3.05) is 12.4 Å². The van der Waals surface area contributed by atoms with E-state index in [1.165, 1.54) is 12.1 Å². The number of halogens is 1. The number of rotatable bonds is 5. The fourth-order valence-electron chi connectivity index (χ4n) is 2.04. The molecule has 0 heterocycles. The van der Waals surface area contributed by atoms with Crippen molar-refractivity contribution in [3.63, 3.8) is 0 Å². The first kappa shape index (κ1) is 16.9. The van der Waals surface area contributed by atoms with Crippen LogP contribution in [0.5, 0.6) is 0 Å². The minimum absolute atomic E-state index is 0.0704. The summed E-state index contributed by atoms with van der Waals surface area (Å²) < 4.78 is 13.4. The van der Waals surface area contributed by atoms with Crippen LogP contribution in [0.3, 0.4) is 0 Å². The fourth-order valence-corrected chi connectivity index (χ4v) is 2.04. The van der Waals surface area contributed by atoms with Crippen molar-refractivity contribution >= 4 is 17.6 Å². The smallest absolute Gasteiger partial charge is 0.321 e. The number of benzene rings is 1. The molecule has 1 aromatic rings. The van der Waals surface area contributed by atoms with Crippen LogP contribution in [-0.4, -0.2) is 29.9 Å². The number of nitrogens with two attached hydrogens (primary N) is 1. The normalized spacial score (nSPS) is 12.1. The Labute approximate surface area is 124 Å². The Bertz CT molecular complexity index is 532. The molecule has 0 aliphatic rings. The molecule has 0 aliphatic carbocycles. The second kappa shape index (κ2) is 7.06. The van der Waals surface area contributed by atoms with Crippen LogP contribution in [-0.2, 0) is 0 Å². The molecule has 3 N–H and O–H groups in total. The minimum atomic E-state index is -0.870. The second-order valence-corrected chi connectivity index (χ2v) is 5.58. The van der Waals surface area contributed by atoms with E-state index in [1.54, 1.807) is 11.9 Å². The van der Waals surface area contributed by atoms with E-state index < -0.39 is 11.7 Å². The number of amides is 3. The lowest BCUT2D eigenvalue weighted by Gasteiger charge is -2.26. The number of urea groups is 1. The summed E-state index contributed by atoms with van der Waals surface area (Å²) in [5.74, 6) is -1.10. The summed E-state index contributed by atoms with van der Waals surface area (Å²) in [6.45, 7) is 6.13. The molecule has 0 aromatic heterocycles. The van der Waals surface area contributed by atoms with Gasteiger partial charge in [0.1, 0.15) is 5.82 Å². The largest absolute Gasteiger partial charge is 0.366 e. The van der Waals surface area contributed by atoms with Crippen molar-refractivity contribution in [3.8, 4) is 0 Å². The van der Waals surface area contributed by atoms with Crippen LogP contribution >= 0.6 is 0 Å². The van der Waals surface area contributed by atoms with Crippen LogP contribution in [0.15, 0.2) is 18.2 Å². The summed E-state index contributed by atoms with van der Waals surface area (Å²) in [6, 6.07) is 3.48. The van der Waals surface area contributed by atoms with E-state index in [1.807, 2.05) is 6.92 Å². The second-order valence-electron chi connectivity index (χ2n) is 5.58. The minimum Gasteiger partial charge on any atom is -0.366 e. The molecular formula is C15H22FN3O2. The number of hydrogen-bond donors (Lipinski definition) is 2. The molecule has 0 aliphatic heterocycles. The van der Waals surface area contributed by atoms with Gasteiger partial charge in [-0.1, -0.05) is 13.8 Å². The Balaban J connectivity index is 2.79. The number of nitrogens with zero attached hydrogens (tertiary/aromatic N) is 1. The maximum Gasteiger partial charge on any atom is 0.321 e. The third-order valence-corrected chi connectivity index (χ3v) is 3.28. The van der Waals surface area contributed by atoms with Crippen LogP contribution in [0.4, 0.5) is 14.9 Å². The van der Waals surface area contributed by atoms with Crippen molar-refractivity contribution in [2.45, 2.75) is 33.2 Å². The highest BCUT2D eigenvalue weighted by molar-refractivity contribution is 5.96. The summed E-state index contributed by atoms with van der Waals surface area (Å²) in [4.78, 5) is 24.8. The highest BCUT2D eigenvalue weighted by Crippen LogP contribution is 2.16. The first-order valence-corrected chi connectivity index (χ1v) is 6.85. The Morgan fingerprint density at radius 2 is 1.95 bits per heavy atom. The molecule has 0 saturated heterocycles. The number of anilines is 1. The number of hydrogen-bond acceptors (Lipinski definition) is 2. The van der Waals surface area contributed by atoms with E-state index in [0.717, 1.165) is 12.5 Å². The third-order valence-electron chi connectivity index (χ3n) is 3.28. The Hall–Kier alpha value is -2.11. The summed E-state index contributed by atoms with van der Waals surface area (Å²) in [7, 11) is 1.70. The Kier molecular flexibility index (Phi) is 5.69. The predicted octanol–water partition coefficient (Wildman–Crippen LogP) is 2.82. The van der Waals surface area contributed by atoms with E-state index in [9.17, 15) is 14.0 Å². The van der Waals surface area contributed by atoms with Gasteiger partial charge >= 0.3 is 6.03 Å².